The van der Waals surface area contributed by atoms with Crippen molar-refractivity contribution in [1.82, 2.24) is 9.55 Å². The van der Waals surface area contributed by atoms with Crippen LogP contribution in [0, 0.1) is 0 Å². The summed E-state index contributed by atoms with van der Waals surface area (Å²) in [4.78, 5) is 39.1. The number of pyridine rings is 1. The van der Waals surface area contributed by atoms with Crippen LogP contribution in [-0.4, -0.2) is 34.0 Å². The van der Waals surface area contributed by atoms with Gasteiger partial charge in [-0.05, 0) is 6.07 Å². The van der Waals surface area contributed by atoms with Crippen LogP contribution in [0.25, 0.3) is 10.9 Å². The zero-order chi connectivity index (χ0) is 20.5. The number of halogens is 3. The van der Waals surface area contributed by atoms with Crippen molar-refractivity contribution in [3.05, 3.63) is 64.2 Å². The van der Waals surface area contributed by atoms with E-state index in [-0.39, 0.29) is 23.2 Å². The first-order valence-corrected chi connectivity index (χ1v) is 8.00. The number of hydrogen-bond acceptors (Lipinski definition) is 4. The third-order valence-corrected chi connectivity index (χ3v) is 3.92. The van der Waals surface area contributed by atoms with E-state index in [1.807, 2.05) is 0 Å². The Hall–Kier alpha value is -3.56. The molecular weight excluding hydrogens is 379 g/mol. The van der Waals surface area contributed by atoms with Gasteiger partial charge in [-0.2, -0.15) is 13.2 Å². The molecule has 1 amide bonds. The molecule has 0 aliphatic heterocycles. The molecule has 3 rings (SSSR count). The summed E-state index contributed by atoms with van der Waals surface area (Å²) in [7, 11) is 0. The Kier molecular flexibility index (Phi) is 4.95. The fourth-order valence-corrected chi connectivity index (χ4v) is 2.68. The second-order valence-corrected chi connectivity index (χ2v) is 5.92. The molecule has 3 N–H and O–H groups in total. The Morgan fingerprint density at radius 3 is 2.43 bits per heavy atom. The molecule has 0 saturated carbocycles. The minimum absolute atomic E-state index is 0.0689. The average molecular weight is 393 g/mol. The number of alkyl halides is 3. The maximum atomic E-state index is 12.8. The Morgan fingerprint density at radius 1 is 1.14 bits per heavy atom. The zero-order valence-electron chi connectivity index (χ0n) is 14.2. The first kappa shape index (κ1) is 19.2. The highest BCUT2D eigenvalue weighted by atomic mass is 19.4. The van der Waals surface area contributed by atoms with Crippen molar-refractivity contribution < 1.29 is 27.5 Å². The summed E-state index contributed by atoms with van der Waals surface area (Å²) in [6.45, 7) is -2.05. The van der Waals surface area contributed by atoms with E-state index in [4.69, 9.17) is 5.73 Å². The smallest absolute Gasteiger partial charge is 0.422 e. The summed E-state index contributed by atoms with van der Waals surface area (Å²) in [6, 6.07) is 9.55. The molecule has 2 aromatic heterocycles. The highest BCUT2D eigenvalue weighted by molar-refractivity contribution is 6.02. The van der Waals surface area contributed by atoms with Crippen LogP contribution < -0.4 is 16.0 Å². The van der Waals surface area contributed by atoms with E-state index in [1.165, 1.54) is 12.3 Å². The molecule has 2 heterocycles. The highest BCUT2D eigenvalue weighted by Crippen LogP contribution is 2.29. The van der Waals surface area contributed by atoms with Crippen LogP contribution >= 0.6 is 0 Å². The summed E-state index contributed by atoms with van der Waals surface area (Å²) in [5.41, 5.74) is 4.36. The number of primary amides is 1. The van der Waals surface area contributed by atoms with Crippen molar-refractivity contribution >= 4 is 22.6 Å². The van der Waals surface area contributed by atoms with Gasteiger partial charge >= 0.3 is 6.18 Å². The Morgan fingerprint density at radius 2 is 1.82 bits per heavy atom. The molecule has 28 heavy (non-hydrogen) atoms. The van der Waals surface area contributed by atoms with Gasteiger partial charge in [0.25, 0.3) is 11.5 Å². The maximum Gasteiger partial charge on any atom is 0.422 e. The minimum Gasteiger partial charge on any atom is -0.481 e. The molecule has 0 radical (unpaired) electrons. The second kappa shape index (κ2) is 7.22. The number of nitrogens with one attached hydrogen (secondary N) is 1. The molecular formula is C18H14F3N3O4. The van der Waals surface area contributed by atoms with Crippen LogP contribution in [0.15, 0.2) is 47.4 Å². The lowest BCUT2D eigenvalue weighted by molar-refractivity contribution is -0.153. The summed E-state index contributed by atoms with van der Waals surface area (Å²) < 4.78 is 43.3. The van der Waals surface area contributed by atoms with Crippen molar-refractivity contribution in [3.8, 4) is 5.75 Å². The number of amides is 1. The number of nitrogens with zero attached hydrogens (tertiary/aromatic N) is 1. The van der Waals surface area contributed by atoms with Gasteiger partial charge in [0.1, 0.15) is 11.1 Å². The monoisotopic (exact) mass is 393 g/mol. The molecule has 0 fully saturated rings. The number of ketones is 1. The molecule has 0 spiro atoms. The van der Waals surface area contributed by atoms with Crippen LogP contribution in [0.3, 0.4) is 0 Å². The van der Waals surface area contributed by atoms with Gasteiger partial charge in [0.2, 0.25) is 0 Å². The fraction of sp³-hybridized carbons (Fsp3) is 0.167. The van der Waals surface area contributed by atoms with Gasteiger partial charge in [0, 0.05) is 11.8 Å². The van der Waals surface area contributed by atoms with Crippen molar-refractivity contribution in [3.63, 3.8) is 0 Å². The predicted molar refractivity (Wildman–Crippen MR) is 93.4 cm³/mol. The van der Waals surface area contributed by atoms with E-state index >= 15 is 0 Å². The number of rotatable bonds is 6. The molecule has 0 atom stereocenters. The molecule has 0 saturated heterocycles. The lowest BCUT2D eigenvalue weighted by Gasteiger charge is -2.10. The van der Waals surface area contributed by atoms with E-state index in [0.717, 1.165) is 4.57 Å². The number of aromatic amines is 1. The maximum absolute atomic E-state index is 12.8. The summed E-state index contributed by atoms with van der Waals surface area (Å²) in [5, 5.41) is -0.290. The standard InChI is InChI=1S/C18H14F3N3O4/c19-18(20,21)9-28-15-13-11(23-14(15)16(22)26)6-7-24(17(13)27)8-12(25)10-4-2-1-3-5-10/h1-7,23H,8-9H2,(H2,22,26). The number of aromatic nitrogens is 2. The van der Waals surface area contributed by atoms with Crippen molar-refractivity contribution in [2.75, 3.05) is 6.61 Å². The molecule has 0 aliphatic carbocycles. The van der Waals surface area contributed by atoms with Crippen LogP contribution in [0.4, 0.5) is 13.2 Å². The van der Waals surface area contributed by atoms with Crippen molar-refractivity contribution in [2.24, 2.45) is 5.73 Å². The zero-order valence-corrected chi connectivity index (χ0v) is 14.2. The third-order valence-electron chi connectivity index (χ3n) is 3.92. The van der Waals surface area contributed by atoms with E-state index in [0.29, 0.717) is 5.56 Å². The number of Topliss-reactive ketones (excluding diaryl/α,β-unsaturated/α-hetero) is 1. The van der Waals surface area contributed by atoms with Crippen molar-refractivity contribution in [2.45, 2.75) is 12.7 Å². The third kappa shape index (κ3) is 3.90. The van der Waals surface area contributed by atoms with Gasteiger partial charge in [-0.25, -0.2) is 0 Å². The molecule has 1 aromatic carbocycles. The lowest BCUT2D eigenvalue weighted by atomic mass is 10.1. The molecule has 0 unspecified atom stereocenters. The molecule has 0 bridgehead atoms. The normalized spacial score (nSPS) is 11.5. The van der Waals surface area contributed by atoms with E-state index < -0.39 is 35.7 Å². The van der Waals surface area contributed by atoms with E-state index in [2.05, 4.69) is 9.72 Å². The summed E-state index contributed by atoms with van der Waals surface area (Å²) in [5.74, 6) is -2.04. The number of nitrogens with two attached hydrogens (primary N) is 1. The molecule has 3 aromatic rings. The number of carbonyl (C=O) groups is 2. The number of H-pyrrole nitrogens is 1. The van der Waals surface area contributed by atoms with Gasteiger partial charge in [0.15, 0.2) is 18.1 Å². The number of carbonyl (C=O) groups excluding carboxylic acids is 2. The Labute approximate surface area is 155 Å². The first-order valence-electron chi connectivity index (χ1n) is 8.00. The van der Waals surface area contributed by atoms with Gasteiger partial charge < -0.3 is 20.0 Å². The highest BCUT2D eigenvalue weighted by Gasteiger charge is 2.31. The van der Waals surface area contributed by atoms with Crippen LogP contribution in [0.5, 0.6) is 5.75 Å². The van der Waals surface area contributed by atoms with Gasteiger partial charge in [0.05, 0.1) is 12.1 Å². The molecule has 0 aliphatic rings. The van der Waals surface area contributed by atoms with Crippen LogP contribution in [-0.2, 0) is 6.54 Å². The molecule has 7 nitrogen and oxygen atoms in total. The average Bonchev–Trinajstić information content (AvgIpc) is 3.02. The quantitative estimate of drug-likeness (QED) is 0.627. The van der Waals surface area contributed by atoms with Gasteiger partial charge in [-0.1, -0.05) is 30.3 Å². The Bertz CT molecular complexity index is 1100. The van der Waals surface area contributed by atoms with E-state index in [9.17, 15) is 27.6 Å². The SMILES string of the molecule is NC(=O)c1[nH]c2ccn(CC(=O)c3ccccc3)c(=O)c2c1OCC(F)(F)F. The first-order chi connectivity index (χ1) is 13.2. The Balaban J connectivity index is 2.05. The van der Waals surface area contributed by atoms with Crippen molar-refractivity contribution in [1.29, 1.82) is 0 Å². The second-order valence-electron chi connectivity index (χ2n) is 5.92. The summed E-state index contributed by atoms with van der Waals surface area (Å²) in [6.07, 6.45) is -3.39. The molecule has 10 heteroatoms. The number of fused-ring (bicyclic) bond motifs is 1. The topological polar surface area (TPSA) is 107 Å². The predicted octanol–water partition coefficient (Wildman–Crippen LogP) is 2.25. The fourth-order valence-electron chi connectivity index (χ4n) is 2.68. The van der Waals surface area contributed by atoms with Gasteiger partial charge in [-0.3, -0.25) is 14.4 Å². The number of benzene rings is 1. The number of hydrogen-bond donors (Lipinski definition) is 2. The number of ether oxygens (including phenoxy) is 1. The lowest BCUT2D eigenvalue weighted by Crippen LogP contribution is -2.25. The minimum atomic E-state index is -4.68. The van der Waals surface area contributed by atoms with Crippen LogP contribution in [0.1, 0.15) is 20.8 Å². The van der Waals surface area contributed by atoms with Gasteiger partial charge in [-0.15, -0.1) is 0 Å². The van der Waals surface area contributed by atoms with E-state index in [1.54, 1.807) is 30.3 Å². The largest absolute Gasteiger partial charge is 0.481 e. The molecule has 146 valence electrons. The van der Waals surface area contributed by atoms with Crippen LogP contribution in [0.2, 0.25) is 0 Å². The summed E-state index contributed by atoms with van der Waals surface area (Å²) >= 11 is 0.